The minimum atomic E-state index is 0.649. The van der Waals surface area contributed by atoms with Crippen molar-refractivity contribution in [2.75, 3.05) is 11.9 Å². The zero-order valence-electron chi connectivity index (χ0n) is 10.8. The Balaban J connectivity index is 2.02. The summed E-state index contributed by atoms with van der Waals surface area (Å²) in [5, 5.41) is 5.51. The van der Waals surface area contributed by atoms with Crippen molar-refractivity contribution in [2.24, 2.45) is 0 Å². The predicted molar refractivity (Wildman–Crippen MR) is 88.8 cm³/mol. The van der Waals surface area contributed by atoms with Crippen LogP contribution in [-0.2, 0) is 0 Å². The van der Waals surface area contributed by atoms with Gasteiger partial charge >= 0.3 is 0 Å². The molecule has 0 spiro atoms. The summed E-state index contributed by atoms with van der Waals surface area (Å²) in [7, 11) is 0. The molecule has 1 aliphatic rings. The van der Waals surface area contributed by atoms with Crippen molar-refractivity contribution in [3.63, 3.8) is 0 Å². The Labute approximate surface area is 131 Å². The molecule has 2 aromatic heterocycles. The highest BCUT2D eigenvalue weighted by atomic mass is 127. The summed E-state index contributed by atoms with van der Waals surface area (Å²) in [4.78, 5) is 10.7. The number of nitrogens with zero attached hydrogens (tertiary/aromatic N) is 2. The second kappa shape index (κ2) is 5.75. The molecule has 1 fully saturated rings. The molecule has 0 aliphatic heterocycles. The summed E-state index contributed by atoms with van der Waals surface area (Å²) < 4.78 is 1.20. The minimum absolute atomic E-state index is 0.649. The average Bonchev–Trinajstić information content (AvgIpc) is 3.11. The third kappa shape index (κ3) is 2.91. The van der Waals surface area contributed by atoms with Gasteiger partial charge in [0.2, 0.25) is 0 Å². The van der Waals surface area contributed by atoms with Crippen LogP contribution < -0.4 is 5.32 Å². The van der Waals surface area contributed by atoms with Crippen LogP contribution >= 0.6 is 33.9 Å². The van der Waals surface area contributed by atoms with Crippen LogP contribution in [0, 0.1) is 3.57 Å². The number of aromatic nitrogens is 2. The molecule has 1 N–H and O–H groups in total. The molecule has 0 saturated heterocycles. The lowest BCUT2D eigenvalue weighted by atomic mass is 10.2. The molecule has 19 heavy (non-hydrogen) atoms. The number of hydrogen-bond donors (Lipinski definition) is 1. The van der Waals surface area contributed by atoms with E-state index in [9.17, 15) is 0 Å². The fourth-order valence-corrected chi connectivity index (χ4v) is 3.50. The average molecular weight is 385 g/mol. The van der Waals surface area contributed by atoms with E-state index in [-0.39, 0.29) is 0 Å². The first kappa shape index (κ1) is 13.3. The van der Waals surface area contributed by atoms with Crippen LogP contribution in [0.4, 0.5) is 5.82 Å². The van der Waals surface area contributed by atoms with Crippen molar-refractivity contribution in [3.8, 4) is 10.7 Å². The normalized spacial score (nSPS) is 14.6. The van der Waals surface area contributed by atoms with Crippen molar-refractivity contribution < 1.29 is 0 Å². The maximum atomic E-state index is 4.80. The summed E-state index contributed by atoms with van der Waals surface area (Å²) in [5.74, 6) is 2.52. The SMILES string of the molecule is CCCNc1nc(-c2cccs2)nc(C2CC2)c1I. The predicted octanol–water partition coefficient (Wildman–Crippen LogP) is 4.51. The third-order valence-corrected chi connectivity index (χ3v) is 5.05. The van der Waals surface area contributed by atoms with Gasteiger partial charge in [-0.1, -0.05) is 13.0 Å². The van der Waals surface area contributed by atoms with Gasteiger partial charge in [0.25, 0.3) is 0 Å². The molecule has 100 valence electrons. The van der Waals surface area contributed by atoms with Crippen molar-refractivity contribution in [3.05, 3.63) is 26.8 Å². The maximum Gasteiger partial charge on any atom is 0.171 e. The largest absolute Gasteiger partial charge is 0.369 e. The second-order valence-corrected chi connectivity index (χ2v) is 6.80. The fourth-order valence-electron chi connectivity index (χ4n) is 1.97. The van der Waals surface area contributed by atoms with Crippen LogP contribution in [0.15, 0.2) is 17.5 Å². The molecular weight excluding hydrogens is 369 g/mol. The first-order valence-electron chi connectivity index (χ1n) is 6.64. The van der Waals surface area contributed by atoms with Gasteiger partial charge in [0.05, 0.1) is 14.1 Å². The maximum absolute atomic E-state index is 4.80. The molecule has 0 bridgehead atoms. The van der Waals surface area contributed by atoms with Gasteiger partial charge in [-0.25, -0.2) is 9.97 Å². The molecule has 0 radical (unpaired) electrons. The molecule has 1 saturated carbocycles. The summed E-state index contributed by atoms with van der Waals surface area (Å²) in [6, 6.07) is 4.14. The van der Waals surface area contributed by atoms with E-state index in [2.05, 4.69) is 52.3 Å². The van der Waals surface area contributed by atoms with Crippen LogP contribution in [0.25, 0.3) is 10.7 Å². The smallest absolute Gasteiger partial charge is 0.171 e. The molecule has 0 atom stereocenters. The molecule has 1 aliphatic carbocycles. The van der Waals surface area contributed by atoms with E-state index in [0.29, 0.717) is 5.92 Å². The van der Waals surface area contributed by atoms with Gasteiger partial charge in [0.1, 0.15) is 5.82 Å². The van der Waals surface area contributed by atoms with Crippen molar-refractivity contribution in [2.45, 2.75) is 32.1 Å². The molecule has 3 nitrogen and oxygen atoms in total. The summed E-state index contributed by atoms with van der Waals surface area (Å²) in [6.07, 6.45) is 3.64. The van der Waals surface area contributed by atoms with Crippen molar-refractivity contribution >= 4 is 39.7 Å². The Hall–Kier alpha value is -0.690. The summed E-state index contributed by atoms with van der Waals surface area (Å²) in [5.41, 5.74) is 1.23. The van der Waals surface area contributed by atoms with Gasteiger partial charge in [-0.3, -0.25) is 0 Å². The van der Waals surface area contributed by atoms with Crippen molar-refractivity contribution in [1.82, 2.24) is 9.97 Å². The third-order valence-electron chi connectivity index (χ3n) is 3.12. The highest BCUT2D eigenvalue weighted by Gasteiger charge is 2.29. The van der Waals surface area contributed by atoms with E-state index in [0.717, 1.165) is 29.5 Å². The highest BCUT2D eigenvalue weighted by Crippen LogP contribution is 2.43. The molecule has 2 aromatic rings. The quantitative estimate of drug-likeness (QED) is 0.770. The van der Waals surface area contributed by atoms with E-state index < -0.39 is 0 Å². The van der Waals surface area contributed by atoms with E-state index >= 15 is 0 Å². The van der Waals surface area contributed by atoms with E-state index in [4.69, 9.17) is 9.97 Å². The fraction of sp³-hybridized carbons (Fsp3) is 0.429. The zero-order chi connectivity index (χ0) is 13.2. The Morgan fingerprint density at radius 3 is 2.89 bits per heavy atom. The first-order valence-corrected chi connectivity index (χ1v) is 8.60. The number of nitrogens with one attached hydrogen (secondary N) is 1. The summed E-state index contributed by atoms with van der Waals surface area (Å²) in [6.45, 7) is 3.13. The van der Waals surface area contributed by atoms with E-state index in [1.54, 1.807) is 11.3 Å². The van der Waals surface area contributed by atoms with Gasteiger partial charge in [-0.15, -0.1) is 11.3 Å². The summed E-state index contributed by atoms with van der Waals surface area (Å²) >= 11 is 4.09. The van der Waals surface area contributed by atoms with Gasteiger partial charge < -0.3 is 5.32 Å². The van der Waals surface area contributed by atoms with Gasteiger partial charge in [0, 0.05) is 12.5 Å². The molecule has 0 amide bonds. The highest BCUT2D eigenvalue weighted by molar-refractivity contribution is 14.1. The molecule has 2 heterocycles. The zero-order valence-corrected chi connectivity index (χ0v) is 13.8. The van der Waals surface area contributed by atoms with Crippen LogP contribution in [0.5, 0.6) is 0 Å². The Morgan fingerprint density at radius 1 is 1.42 bits per heavy atom. The second-order valence-electron chi connectivity index (χ2n) is 4.77. The van der Waals surface area contributed by atoms with Gasteiger partial charge in [0.15, 0.2) is 5.82 Å². The number of thiophene rings is 1. The Bertz CT molecular complexity index is 564. The lowest BCUT2D eigenvalue weighted by Gasteiger charge is -2.11. The molecule has 0 unspecified atom stereocenters. The topological polar surface area (TPSA) is 37.8 Å². The van der Waals surface area contributed by atoms with Crippen LogP contribution in [-0.4, -0.2) is 16.5 Å². The number of anilines is 1. The number of rotatable bonds is 5. The monoisotopic (exact) mass is 385 g/mol. The Kier molecular flexibility index (Phi) is 4.02. The van der Waals surface area contributed by atoms with Gasteiger partial charge in [-0.2, -0.15) is 0 Å². The van der Waals surface area contributed by atoms with Crippen molar-refractivity contribution in [1.29, 1.82) is 0 Å². The van der Waals surface area contributed by atoms with Crippen LogP contribution in [0.1, 0.15) is 37.8 Å². The minimum Gasteiger partial charge on any atom is -0.369 e. The molecular formula is C14H16IN3S. The number of hydrogen-bond acceptors (Lipinski definition) is 4. The lowest BCUT2D eigenvalue weighted by Crippen LogP contribution is -2.08. The molecule has 3 rings (SSSR count). The molecule has 0 aromatic carbocycles. The Morgan fingerprint density at radius 2 is 2.26 bits per heavy atom. The van der Waals surface area contributed by atoms with Crippen LogP contribution in [0.3, 0.4) is 0 Å². The number of halogens is 1. The van der Waals surface area contributed by atoms with E-state index in [1.807, 2.05) is 0 Å². The first-order chi connectivity index (χ1) is 9.29. The van der Waals surface area contributed by atoms with Crippen LogP contribution in [0.2, 0.25) is 0 Å². The van der Waals surface area contributed by atoms with E-state index in [1.165, 1.54) is 22.1 Å². The van der Waals surface area contributed by atoms with Gasteiger partial charge in [-0.05, 0) is 53.3 Å². The molecule has 5 heteroatoms. The lowest BCUT2D eigenvalue weighted by molar-refractivity contribution is 0.940. The standard InChI is InChI=1S/C14H16IN3S/c1-2-7-16-14-11(15)12(9-5-6-9)17-13(18-14)10-4-3-8-19-10/h3-4,8-9H,2,5-7H2,1H3,(H,16,17,18).